The van der Waals surface area contributed by atoms with Gasteiger partial charge in [-0.2, -0.15) is 0 Å². The second kappa shape index (κ2) is 6.37. The average Bonchev–Trinajstić information content (AvgIpc) is 2.41. The molecule has 0 spiro atoms. The van der Waals surface area contributed by atoms with Crippen LogP contribution in [0.4, 0.5) is 0 Å². The first-order chi connectivity index (χ1) is 8.18. The van der Waals surface area contributed by atoms with Crippen LogP contribution in [0, 0.1) is 0 Å². The van der Waals surface area contributed by atoms with Crippen molar-refractivity contribution >= 4 is 5.97 Å². The van der Waals surface area contributed by atoms with Crippen LogP contribution in [0.3, 0.4) is 0 Å². The SMILES string of the molecule is COC(=O)CCC(OC)(OC)c1ccccc1. The number of rotatable bonds is 6. The Morgan fingerprint density at radius 3 is 2.18 bits per heavy atom. The molecule has 0 saturated carbocycles. The van der Waals surface area contributed by atoms with Crippen molar-refractivity contribution in [1.29, 1.82) is 0 Å². The number of methoxy groups -OCH3 is 3. The Morgan fingerprint density at radius 2 is 1.71 bits per heavy atom. The third kappa shape index (κ3) is 3.28. The van der Waals surface area contributed by atoms with Crippen LogP contribution in [0.5, 0.6) is 0 Å². The summed E-state index contributed by atoms with van der Waals surface area (Å²) >= 11 is 0. The standard InChI is InChI=1S/C13H18O4/c1-15-12(14)9-10-13(16-2,17-3)11-7-5-4-6-8-11/h4-8H,9-10H2,1-3H3. The van der Waals surface area contributed by atoms with E-state index in [1.807, 2.05) is 30.3 Å². The molecule has 0 unspecified atom stereocenters. The van der Waals surface area contributed by atoms with Crippen molar-refractivity contribution in [2.75, 3.05) is 21.3 Å². The summed E-state index contributed by atoms with van der Waals surface area (Å²) in [6, 6.07) is 9.54. The normalized spacial score (nSPS) is 11.2. The Hall–Kier alpha value is -1.39. The minimum atomic E-state index is -0.893. The van der Waals surface area contributed by atoms with Gasteiger partial charge in [0.15, 0.2) is 5.79 Å². The van der Waals surface area contributed by atoms with Crippen molar-refractivity contribution in [3.63, 3.8) is 0 Å². The summed E-state index contributed by atoms with van der Waals surface area (Å²) < 4.78 is 15.5. The van der Waals surface area contributed by atoms with Crippen molar-refractivity contribution in [2.24, 2.45) is 0 Å². The molecule has 4 heteroatoms. The minimum absolute atomic E-state index is 0.243. The summed E-state index contributed by atoms with van der Waals surface area (Å²) in [5.41, 5.74) is 0.883. The topological polar surface area (TPSA) is 44.8 Å². The van der Waals surface area contributed by atoms with Gasteiger partial charge >= 0.3 is 5.97 Å². The molecule has 0 aliphatic rings. The van der Waals surface area contributed by atoms with Gasteiger partial charge in [0.05, 0.1) is 13.5 Å². The molecule has 0 N–H and O–H groups in total. The summed E-state index contributed by atoms with van der Waals surface area (Å²) in [6.07, 6.45) is 0.657. The Bertz CT molecular complexity index is 344. The second-order valence-electron chi connectivity index (χ2n) is 3.60. The van der Waals surface area contributed by atoms with Gasteiger partial charge in [-0.1, -0.05) is 30.3 Å². The zero-order valence-corrected chi connectivity index (χ0v) is 10.4. The van der Waals surface area contributed by atoms with Crippen LogP contribution in [-0.2, 0) is 24.8 Å². The monoisotopic (exact) mass is 238 g/mol. The molecular weight excluding hydrogens is 220 g/mol. The van der Waals surface area contributed by atoms with E-state index < -0.39 is 5.79 Å². The fourth-order valence-corrected chi connectivity index (χ4v) is 1.73. The van der Waals surface area contributed by atoms with Crippen LogP contribution in [0.15, 0.2) is 30.3 Å². The molecule has 1 rings (SSSR count). The largest absolute Gasteiger partial charge is 0.469 e. The first kappa shape index (κ1) is 13.7. The summed E-state index contributed by atoms with van der Waals surface area (Å²) in [5, 5.41) is 0. The molecule has 94 valence electrons. The van der Waals surface area contributed by atoms with Gasteiger partial charge < -0.3 is 14.2 Å². The van der Waals surface area contributed by atoms with Crippen molar-refractivity contribution < 1.29 is 19.0 Å². The lowest BCUT2D eigenvalue weighted by Crippen LogP contribution is -2.31. The molecule has 0 fully saturated rings. The van der Waals surface area contributed by atoms with E-state index in [0.717, 1.165) is 5.56 Å². The molecule has 4 nitrogen and oxygen atoms in total. The lowest BCUT2D eigenvalue weighted by molar-refractivity contribution is -0.221. The first-order valence-corrected chi connectivity index (χ1v) is 5.41. The zero-order chi connectivity index (χ0) is 12.7. The van der Waals surface area contributed by atoms with Gasteiger partial charge in [0.2, 0.25) is 0 Å². The third-order valence-corrected chi connectivity index (χ3v) is 2.76. The highest BCUT2D eigenvalue weighted by Gasteiger charge is 2.32. The van der Waals surface area contributed by atoms with Crippen LogP contribution in [0.25, 0.3) is 0 Å². The van der Waals surface area contributed by atoms with E-state index in [0.29, 0.717) is 6.42 Å². The zero-order valence-electron chi connectivity index (χ0n) is 10.4. The molecule has 0 aliphatic heterocycles. The number of esters is 1. The van der Waals surface area contributed by atoms with Crippen LogP contribution in [0.1, 0.15) is 18.4 Å². The van der Waals surface area contributed by atoms with E-state index in [1.54, 1.807) is 14.2 Å². The molecular formula is C13H18O4. The van der Waals surface area contributed by atoms with Crippen LogP contribution >= 0.6 is 0 Å². The molecule has 0 saturated heterocycles. The number of hydrogen-bond acceptors (Lipinski definition) is 4. The van der Waals surface area contributed by atoms with Gasteiger partial charge in [-0.15, -0.1) is 0 Å². The fraction of sp³-hybridized carbons (Fsp3) is 0.462. The fourth-order valence-electron chi connectivity index (χ4n) is 1.73. The Balaban J connectivity index is 2.86. The summed E-state index contributed by atoms with van der Waals surface area (Å²) in [6.45, 7) is 0. The summed E-state index contributed by atoms with van der Waals surface area (Å²) in [4.78, 5) is 11.2. The molecule has 0 radical (unpaired) electrons. The Kier molecular flexibility index (Phi) is 5.12. The number of hydrogen-bond donors (Lipinski definition) is 0. The van der Waals surface area contributed by atoms with Crippen LogP contribution < -0.4 is 0 Å². The van der Waals surface area contributed by atoms with Gasteiger partial charge in [0, 0.05) is 26.2 Å². The molecule has 0 aromatic heterocycles. The second-order valence-corrected chi connectivity index (χ2v) is 3.60. The van der Waals surface area contributed by atoms with E-state index in [1.165, 1.54) is 7.11 Å². The number of carbonyl (C=O) groups is 1. The highest BCUT2D eigenvalue weighted by atomic mass is 16.7. The van der Waals surface area contributed by atoms with Crippen LogP contribution in [0.2, 0.25) is 0 Å². The number of ether oxygens (including phenoxy) is 3. The lowest BCUT2D eigenvalue weighted by Gasteiger charge is -2.31. The van der Waals surface area contributed by atoms with Gasteiger partial charge in [0.1, 0.15) is 0 Å². The maximum Gasteiger partial charge on any atom is 0.305 e. The molecule has 0 amide bonds. The molecule has 1 aromatic rings. The highest BCUT2D eigenvalue weighted by Crippen LogP contribution is 2.31. The van der Waals surface area contributed by atoms with Gasteiger partial charge in [-0.05, 0) is 0 Å². The maximum absolute atomic E-state index is 11.2. The molecule has 0 aliphatic carbocycles. The van der Waals surface area contributed by atoms with E-state index >= 15 is 0 Å². The quantitative estimate of drug-likeness (QED) is 0.562. The van der Waals surface area contributed by atoms with Gasteiger partial charge in [0.25, 0.3) is 0 Å². The van der Waals surface area contributed by atoms with Crippen molar-refractivity contribution in [1.82, 2.24) is 0 Å². The van der Waals surface area contributed by atoms with Crippen LogP contribution in [-0.4, -0.2) is 27.3 Å². The summed E-state index contributed by atoms with van der Waals surface area (Å²) in [7, 11) is 4.49. The molecule has 17 heavy (non-hydrogen) atoms. The smallest absolute Gasteiger partial charge is 0.305 e. The Labute approximate surface area is 101 Å². The van der Waals surface area contributed by atoms with Crippen molar-refractivity contribution in [3.05, 3.63) is 35.9 Å². The predicted octanol–water partition coefficient (Wildman–Crippen LogP) is 2.09. The van der Waals surface area contributed by atoms with Crippen molar-refractivity contribution in [3.8, 4) is 0 Å². The average molecular weight is 238 g/mol. The predicted molar refractivity (Wildman–Crippen MR) is 63.4 cm³/mol. The molecule has 0 heterocycles. The summed E-state index contributed by atoms with van der Waals surface area (Å²) in [5.74, 6) is -1.17. The van der Waals surface area contributed by atoms with E-state index in [4.69, 9.17) is 9.47 Å². The van der Waals surface area contributed by atoms with E-state index in [2.05, 4.69) is 4.74 Å². The first-order valence-electron chi connectivity index (χ1n) is 5.41. The van der Waals surface area contributed by atoms with Crippen molar-refractivity contribution in [2.45, 2.75) is 18.6 Å². The molecule has 1 aromatic carbocycles. The number of carbonyl (C=O) groups excluding carboxylic acids is 1. The lowest BCUT2D eigenvalue weighted by atomic mass is 10.0. The maximum atomic E-state index is 11.2. The van der Waals surface area contributed by atoms with E-state index in [-0.39, 0.29) is 12.4 Å². The third-order valence-electron chi connectivity index (χ3n) is 2.76. The van der Waals surface area contributed by atoms with Gasteiger partial charge in [-0.3, -0.25) is 4.79 Å². The van der Waals surface area contributed by atoms with Gasteiger partial charge in [-0.25, -0.2) is 0 Å². The van der Waals surface area contributed by atoms with E-state index in [9.17, 15) is 4.79 Å². The molecule has 0 bridgehead atoms. The minimum Gasteiger partial charge on any atom is -0.469 e. The highest BCUT2D eigenvalue weighted by molar-refractivity contribution is 5.69. The molecule has 0 atom stereocenters. The number of benzene rings is 1. The Morgan fingerprint density at radius 1 is 1.12 bits per heavy atom.